The number of phenolic OH excluding ortho intramolecular Hbond substituents is 1. The van der Waals surface area contributed by atoms with Crippen LogP contribution in [0.15, 0.2) is 18.2 Å². The van der Waals surface area contributed by atoms with Crippen molar-refractivity contribution in [1.29, 1.82) is 0 Å². The summed E-state index contributed by atoms with van der Waals surface area (Å²) in [5.41, 5.74) is 1.42. The SMILES string of the molecule is Cc1ccc(O)c(C(=O)N2CCCC(CNC(C)C)C2)c1. The Morgan fingerprint density at radius 3 is 2.95 bits per heavy atom. The number of nitrogens with zero attached hydrogens (tertiary/aromatic N) is 1. The van der Waals surface area contributed by atoms with Gasteiger partial charge in [-0.2, -0.15) is 0 Å². The van der Waals surface area contributed by atoms with Crippen molar-refractivity contribution in [2.75, 3.05) is 19.6 Å². The maximum atomic E-state index is 12.6. The third kappa shape index (κ3) is 4.21. The van der Waals surface area contributed by atoms with Crippen LogP contribution in [0.4, 0.5) is 0 Å². The molecule has 0 saturated carbocycles. The van der Waals surface area contributed by atoms with Crippen LogP contribution in [-0.4, -0.2) is 41.6 Å². The molecule has 1 atom stereocenters. The topological polar surface area (TPSA) is 52.6 Å². The van der Waals surface area contributed by atoms with Crippen molar-refractivity contribution in [2.45, 2.75) is 39.7 Å². The van der Waals surface area contributed by atoms with E-state index in [1.807, 2.05) is 17.9 Å². The minimum Gasteiger partial charge on any atom is -0.507 e. The Morgan fingerprint density at radius 1 is 1.48 bits per heavy atom. The van der Waals surface area contributed by atoms with E-state index in [1.54, 1.807) is 12.1 Å². The zero-order valence-electron chi connectivity index (χ0n) is 13.2. The highest BCUT2D eigenvalue weighted by Gasteiger charge is 2.25. The Hall–Kier alpha value is -1.55. The van der Waals surface area contributed by atoms with Gasteiger partial charge in [0.25, 0.3) is 5.91 Å². The summed E-state index contributed by atoms with van der Waals surface area (Å²) in [5, 5.41) is 13.4. The lowest BCUT2D eigenvalue weighted by Gasteiger charge is -2.33. The number of piperidine rings is 1. The number of phenols is 1. The summed E-state index contributed by atoms with van der Waals surface area (Å²) in [7, 11) is 0. The van der Waals surface area contributed by atoms with Crippen LogP contribution in [0.3, 0.4) is 0 Å². The van der Waals surface area contributed by atoms with Crippen molar-refractivity contribution in [1.82, 2.24) is 10.2 Å². The van der Waals surface area contributed by atoms with E-state index in [0.29, 0.717) is 17.5 Å². The lowest BCUT2D eigenvalue weighted by molar-refractivity contribution is 0.0669. The molecule has 1 fully saturated rings. The second-order valence-electron chi connectivity index (χ2n) is 6.34. The zero-order chi connectivity index (χ0) is 15.4. The quantitative estimate of drug-likeness (QED) is 0.896. The molecule has 116 valence electrons. The molecule has 1 heterocycles. The maximum Gasteiger partial charge on any atom is 0.257 e. The average Bonchev–Trinajstić information content (AvgIpc) is 2.47. The van der Waals surface area contributed by atoms with Gasteiger partial charge in [0.2, 0.25) is 0 Å². The van der Waals surface area contributed by atoms with Crippen molar-refractivity contribution in [3.05, 3.63) is 29.3 Å². The van der Waals surface area contributed by atoms with E-state index >= 15 is 0 Å². The fourth-order valence-electron chi connectivity index (χ4n) is 2.81. The molecule has 1 amide bonds. The number of carbonyl (C=O) groups excluding carboxylic acids is 1. The summed E-state index contributed by atoms with van der Waals surface area (Å²) >= 11 is 0. The largest absolute Gasteiger partial charge is 0.507 e. The number of carbonyl (C=O) groups is 1. The molecule has 2 N–H and O–H groups in total. The molecule has 1 saturated heterocycles. The second kappa shape index (κ2) is 6.94. The Morgan fingerprint density at radius 2 is 2.24 bits per heavy atom. The standard InChI is InChI=1S/C17H26N2O2/c1-12(2)18-10-14-5-4-8-19(11-14)17(21)15-9-13(3)6-7-16(15)20/h6-7,9,12,14,18,20H,4-5,8,10-11H2,1-3H3. The predicted octanol–water partition coefficient (Wildman–Crippen LogP) is 2.55. The molecular weight excluding hydrogens is 264 g/mol. The van der Waals surface area contributed by atoms with Gasteiger partial charge in [-0.1, -0.05) is 25.5 Å². The number of nitrogens with one attached hydrogen (secondary N) is 1. The third-order valence-corrected chi connectivity index (χ3v) is 4.00. The van der Waals surface area contributed by atoms with Crippen molar-refractivity contribution in [3.8, 4) is 5.75 Å². The number of benzene rings is 1. The smallest absolute Gasteiger partial charge is 0.257 e. The summed E-state index contributed by atoms with van der Waals surface area (Å²) in [6, 6.07) is 5.66. The summed E-state index contributed by atoms with van der Waals surface area (Å²) < 4.78 is 0. The maximum absolute atomic E-state index is 12.6. The third-order valence-electron chi connectivity index (χ3n) is 4.00. The minimum absolute atomic E-state index is 0.0505. The molecule has 1 aromatic rings. The molecule has 0 aliphatic carbocycles. The van der Waals surface area contributed by atoms with Gasteiger partial charge in [-0.15, -0.1) is 0 Å². The summed E-state index contributed by atoms with van der Waals surface area (Å²) in [6.07, 6.45) is 2.19. The lowest BCUT2D eigenvalue weighted by Crippen LogP contribution is -2.43. The van der Waals surface area contributed by atoms with Gasteiger partial charge in [0.1, 0.15) is 5.75 Å². The number of aromatic hydroxyl groups is 1. The van der Waals surface area contributed by atoms with Crippen molar-refractivity contribution in [2.24, 2.45) is 5.92 Å². The van der Waals surface area contributed by atoms with Crippen LogP contribution in [0.5, 0.6) is 5.75 Å². The Balaban J connectivity index is 2.03. The van der Waals surface area contributed by atoms with Gasteiger partial charge in [0.05, 0.1) is 5.56 Å². The molecule has 4 nitrogen and oxygen atoms in total. The highest BCUT2D eigenvalue weighted by Crippen LogP contribution is 2.23. The summed E-state index contributed by atoms with van der Waals surface area (Å²) in [5.74, 6) is 0.524. The minimum atomic E-state index is -0.0505. The molecule has 1 unspecified atom stereocenters. The second-order valence-corrected chi connectivity index (χ2v) is 6.34. The monoisotopic (exact) mass is 290 g/mol. The first-order valence-electron chi connectivity index (χ1n) is 7.79. The van der Waals surface area contributed by atoms with Gasteiger partial charge in [-0.05, 0) is 44.4 Å². The van der Waals surface area contributed by atoms with Crippen molar-refractivity contribution in [3.63, 3.8) is 0 Å². The van der Waals surface area contributed by atoms with Crippen molar-refractivity contribution >= 4 is 5.91 Å². The Bertz CT molecular complexity index is 500. The molecule has 0 aromatic heterocycles. The van der Waals surface area contributed by atoms with Crippen LogP contribution in [0.25, 0.3) is 0 Å². The fraction of sp³-hybridized carbons (Fsp3) is 0.588. The number of rotatable bonds is 4. The number of likely N-dealkylation sites (tertiary alicyclic amines) is 1. The predicted molar refractivity (Wildman–Crippen MR) is 84.6 cm³/mol. The zero-order valence-corrected chi connectivity index (χ0v) is 13.2. The van der Waals surface area contributed by atoms with Crippen LogP contribution in [0, 0.1) is 12.8 Å². The Labute approximate surface area is 127 Å². The molecule has 2 rings (SSSR count). The van der Waals surface area contributed by atoms with Gasteiger partial charge in [-0.25, -0.2) is 0 Å². The van der Waals surface area contributed by atoms with Crippen LogP contribution in [0.2, 0.25) is 0 Å². The van der Waals surface area contributed by atoms with E-state index in [9.17, 15) is 9.90 Å². The summed E-state index contributed by atoms with van der Waals surface area (Å²) in [6.45, 7) is 8.70. The molecule has 1 aliphatic rings. The molecule has 0 spiro atoms. The normalized spacial score (nSPS) is 19.0. The van der Waals surface area contributed by atoms with Crippen LogP contribution >= 0.6 is 0 Å². The van der Waals surface area contributed by atoms with Crippen LogP contribution in [-0.2, 0) is 0 Å². The van der Waals surface area contributed by atoms with E-state index < -0.39 is 0 Å². The highest BCUT2D eigenvalue weighted by atomic mass is 16.3. The summed E-state index contributed by atoms with van der Waals surface area (Å²) in [4.78, 5) is 14.5. The van der Waals surface area contributed by atoms with E-state index in [2.05, 4.69) is 19.2 Å². The molecule has 0 radical (unpaired) electrons. The number of amides is 1. The van der Waals surface area contributed by atoms with Gasteiger partial charge in [-0.3, -0.25) is 4.79 Å². The molecule has 1 aliphatic heterocycles. The first-order chi connectivity index (χ1) is 9.97. The van der Waals surface area contributed by atoms with E-state index in [0.717, 1.165) is 38.0 Å². The number of hydrogen-bond acceptors (Lipinski definition) is 3. The van der Waals surface area contributed by atoms with E-state index in [1.165, 1.54) is 0 Å². The van der Waals surface area contributed by atoms with E-state index in [4.69, 9.17) is 0 Å². The first-order valence-corrected chi connectivity index (χ1v) is 7.79. The molecule has 1 aromatic carbocycles. The number of aryl methyl sites for hydroxylation is 1. The molecule has 4 heteroatoms. The number of hydrogen-bond donors (Lipinski definition) is 2. The Kier molecular flexibility index (Phi) is 5.23. The molecule has 21 heavy (non-hydrogen) atoms. The van der Waals surface area contributed by atoms with Gasteiger partial charge in [0, 0.05) is 19.1 Å². The van der Waals surface area contributed by atoms with Gasteiger partial charge >= 0.3 is 0 Å². The lowest BCUT2D eigenvalue weighted by atomic mass is 9.96. The van der Waals surface area contributed by atoms with Crippen molar-refractivity contribution < 1.29 is 9.90 Å². The van der Waals surface area contributed by atoms with Crippen LogP contribution < -0.4 is 5.32 Å². The van der Waals surface area contributed by atoms with Gasteiger partial charge < -0.3 is 15.3 Å². The first kappa shape index (κ1) is 15.8. The average molecular weight is 290 g/mol. The van der Waals surface area contributed by atoms with Crippen LogP contribution in [0.1, 0.15) is 42.6 Å². The highest BCUT2D eigenvalue weighted by molar-refractivity contribution is 5.97. The molecular formula is C17H26N2O2. The van der Waals surface area contributed by atoms with E-state index in [-0.39, 0.29) is 11.7 Å². The molecule has 0 bridgehead atoms. The fourth-order valence-corrected chi connectivity index (χ4v) is 2.81. The van der Waals surface area contributed by atoms with Gasteiger partial charge in [0.15, 0.2) is 0 Å².